The highest BCUT2D eigenvalue weighted by molar-refractivity contribution is 6.00. The fourth-order valence-electron chi connectivity index (χ4n) is 2.08. The summed E-state index contributed by atoms with van der Waals surface area (Å²) in [7, 11) is 0. The second-order valence-corrected chi connectivity index (χ2v) is 4.11. The van der Waals surface area contributed by atoms with Crippen molar-refractivity contribution in [1.82, 2.24) is 0 Å². The lowest BCUT2D eigenvalue weighted by Crippen LogP contribution is -1.81. The molecule has 0 amide bonds. The molecule has 1 N–H and O–H groups in total. The average molecular weight is 222 g/mol. The van der Waals surface area contributed by atoms with Gasteiger partial charge in [-0.15, -0.1) is 0 Å². The molecule has 0 radical (unpaired) electrons. The van der Waals surface area contributed by atoms with Crippen LogP contribution in [-0.2, 0) is 0 Å². The second kappa shape index (κ2) is 3.59. The number of carbonyl (C=O) groups is 1. The second-order valence-electron chi connectivity index (χ2n) is 4.11. The third-order valence-corrected chi connectivity index (χ3v) is 2.94. The summed E-state index contributed by atoms with van der Waals surface area (Å²) in [6, 6.07) is 14.9. The molecule has 0 aliphatic heterocycles. The van der Waals surface area contributed by atoms with Crippen LogP contribution in [0.2, 0.25) is 0 Å². The monoisotopic (exact) mass is 222 g/mol. The predicted octanol–water partition coefficient (Wildman–Crippen LogP) is 3.51. The van der Waals surface area contributed by atoms with E-state index in [1.54, 1.807) is 18.2 Å². The number of aldehydes is 1. The molecule has 0 fully saturated rings. The summed E-state index contributed by atoms with van der Waals surface area (Å²) < 4.78 is 0. The lowest BCUT2D eigenvalue weighted by atomic mass is 10.0. The summed E-state index contributed by atoms with van der Waals surface area (Å²) in [5.41, 5.74) is 0.677. The van der Waals surface area contributed by atoms with Gasteiger partial charge in [-0.1, -0.05) is 18.2 Å². The highest BCUT2D eigenvalue weighted by Gasteiger charge is 2.00. The zero-order chi connectivity index (χ0) is 11.8. The largest absolute Gasteiger partial charge is 0.508 e. The maximum absolute atomic E-state index is 10.7. The van der Waals surface area contributed by atoms with Crippen molar-refractivity contribution in [2.24, 2.45) is 0 Å². The molecule has 17 heavy (non-hydrogen) atoms. The van der Waals surface area contributed by atoms with Crippen LogP contribution in [0.4, 0.5) is 0 Å². The highest BCUT2D eigenvalue weighted by Crippen LogP contribution is 2.26. The smallest absolute Gasteiger partial charge is 0.150 e. The van der Waals surface area contributed by atoms with E-state index in [2.05, 4.69) is 0 Å². The van der Waals surface area contributed by atoms with Crippen molar-refractivity contribution in [3.05, 3.63) is 54.1 Å². The molecule has 0 aromatic heterocycles. The number of aromatic hydroxyl groups is 1. The first-order valence-corrected chi connectivity index (χ1v) is 5.38. The standard InChI is InChI=1S/C15H10O2/c16-9-10-1-2-11-7-14-8-15(17)4-3-12(14)6-13(11)5-10/h1-9,17H. The summed E-state index contributed by atoms with van der Waals surface area (Å²) in [5, 5.41) is 13.6. The quantitative estimate of drug-likeness (QED) is 0.505. The molecule has 3 aromatic carbocycles. The van der Waals surface area contributed by atoms with E-state index < -0.39 is 0 Å². The minimum Gasteiger partial charge on any atom is -0.508 e. The number of phenolic OH excluding ortho intramolecular Hbond substituents is 1. The predicted molar refractivity (Wildman–Crippen MR) is 68.5 cm³/mol. The van der Waals surface area contributed by atoms with Gasteiger partial charge in [-0.3, -0.25) is 4.79 Å². The van der Waals surface area contributed by atoms with Crippen LogP contribution in [-0.4, -0.2) is 11.4 Å². The van der Waals surface area contributed by atoms with Crippen LogP contribution in [0.5, 0.6) is 5.75 Å². The molecule has 3 aromatic rings. The summed E-state index contributed by atoms with van der Waals surface area (Å²) in [6.07, 6.45) is 0.848. The van der Waals surface area contributed by atoms with E-state index >= 15 is 0 Å². The minimum absolute atomic E-state index is 0.265. The van der Waals surface area contributed by atoms with Gasteiger partial charge in [0.15, 0.2) is 0 Å². The fraction of sp³-hybridized carbons (Fsp3) is 0. The van der Waals surface area contributed by atoms with Crippen LogP contribution in [0.15, 0.2) is 48.5 Å². The number of rotatable bonds is 1. The van der Waals surface area contributed by atoms with Crippen molar-refractivity contribution in [2.75, 3.05) is 0 Å². The van der Waals surface area contributed by atoms with Crippen LogP contribution in [0.1, 0.15) is 10.4 Å². The molecule has 0 saturated carbocycles. The van der Waals surface area contributed by atoms with Gasteiger partial charge >= 0.3 is 0 Å². The maximum Gasteiger partial charge on any atom is 0.150 e. The van der Waals surface area contributed by atoms with E-state index in [0.29, 0.717) is 5.56 Å². The van der Waals surface area contributed by atoms with Crippen LogP contribution < -0.4 is 0 Å². The maximum atomic E-state index is 10.7. The molecule has 0 bridgehead atoms. The van der Waals surface area contributed by atoms with Gasteiger partial charge in [-0.25, -0.2) is 0 Å². The van der Waals surface area contributed by atoms with Gasteiger partial charge in [-0.2, -0.15) is 0 Å². The van der Waals surface area contributed by atoms with E-state index in [9.17, 15) is 9.90 Å². The van der Waals surface area contributed by atoms with Crippen LogP contribution in [0.25, 0.3) is 21.5 Å². The van der Waals surface area contributed by atoms with Gasteiger partial charge in [0, 0.05) is 5.56 Å². The van der Waals surface area contributed by atoms with Crippen LogP contribution in [0.3, 0.4) is 0 Å². The Morgan fingerprint density at radius 1 is 0.765 bits per heavy atom. The van der Waals surface area contributed by atoms with Crippen molar-refractivity contribution in [3.63, 3.8) is 0 Å². The zero-order valence-corrected chi connectivity index (χ0v) is 9.05. The number of phenols is 1. The van der Waals surface area contributed by atoms with Crippen molar-refractivity contribution in [2.45, 2.75) is 0 Å². The molecule has 0 aliphatic rings. The summed E-state index contributed by atoms with van der Waals surface area (Å²) in [4.78, 5) is 10.7. The molecule has 2 nitrogen and oxygen atoms in total. The number of carbonyl (C=O) groups excluding carboxylic acids is 1. The first-order chi connectivity index (χ1) is 8.26. The molecule has 0 heterocycles. The summed E-state index contributed by atoms with van der Waals surface area (Å²) in [5.74, 6) is 0.265. The lowest BCUT2D eigenvalue weighted by Gasteiger charge is -2.03. The van der Waals surface area contributed by atoms with Crippen molar-refractivity contribution in [1.29, 1.82) is 0 Å². The zero-order valence-electron chi connectivity index (χ0n) is 9.05. The van der Waals surface area contributed by atoms with Gasteiger partial charge in [0.1, 0.15) is 12.0 Å². The molecule has 0 unspecified atom stereocenters. The molecule has 0 aliphatic carbocycles. The third kappa shape index (κ3) is 1.64. The molecule has 2 heteroatoms. The Kier molecular flexibility index (Phi) is 2.08. The first kappa shape index (κ1) is 9.85. The Morgan fingerprint density at radius 2 is 1.41 bits per heavy atom. The molecule has 0 saturated heterocycles. The SMILES string of the molecule is O=Cc1ccc2cc3cc(O)ccc3cc2c1. The number of hydrogen-bond donors (Lipinski definition) is 1. The Labute approximate surface area is 98.1 Å². The Bertz CT molecular complexity index is 729. The van der Waals surface area contributed by atoms with Crippen LogP contribution in [0, 0.1) is 0 Å². The molecule has 0 atom stereocenters. The number of hydrogen-bond acceptors (Lipinski definition) is 2. The fourth-order valence-corrected chi connectivity index (χ4v) is 2.08. The van der Waals surface area contributed by atoms with Crippen LogP contribution >= 0.6 is 0 Å². The summed E-state index contributed by atoms with van der Waals surface area (Å²) in [6.45, 7) is 0. The molecule has 3 rings (SSSR count). The van der Waals surface area contributed by atoms with Crippen molar-refractivity contribution >= 4 is 27.8 Å². The topological polar surface area (TPSA) is 37.3 Å². The van der Waals surface area contributed by atoms with Gasteiger partial charge in [-0.05, 0) is 51.9 Å². The van der Waals surface area contributed by atoms with Gasteiger partial charge in [0.2, 0.25) is 0 Å². The highest BCUT2D eigenvalue weighted by atomic mass is 16.3. The lowest BCUT2D eigenvalue weighted by molar-refractivity contribution is 0.112. The molecule has 82 valence electrons. The van der Waals surface area contributed by atoms with Crippen molar-refractivity contribution in [3.8, 4) is 5.75 Å². The normalized spacial score (nSPS) is 10.8. The number of fused-ring (bicyclic) bond motifs is 2. The molecular formula is C15H10O2. The van der Waals surface area contributed by atoms with Crippen molar-refractivity contribution < 1.29 is 9.90 Å². The molecule has 0 spiro atoms. The Balaban J connectivity index is 2.39. The van der Waals surface area contributed by atoms with Gasteiger partial charge in [0.05, 0.1) is 0 Å². The van der Waals surface area contributed by atoms with E-state index in [1.807, 2.05) is 30.3 Å². The minimum atomic E-state index is 0.265. The van der Waals surface area contributed by atoms with Gasteiger partial charge in [0.25, 0.3) is 0 Å². The van der Waals surface area contributed by atoms with E-state index in [4.69, 9.17) is 0 Å². The first-order valence-electron chi connectivity index (χ1n) is 5.38. The van der Waals surface area contributed by atoms with E-state index in [0.717, 1.165) is 27.8 Å². The van der Waals surface area contributed by atoms with Gasteiger partial charge < -0.3 is 5.11 Å². The molecular weight excluding hydrogens is 212 g/mol. The Hall–Kier alpha value is -2.35. The number of benzene rings is 3. The average Bonchev–Trinajstić information content (AvgIpc) is 2.35. The third-order valence-electron chi connectivity index (χ3n) is 2.94. The van der Waals surface area contributed by atoms with E-state index in [-0.39, 0.29) is 5.75 Å². The van der Waals surface area contributed by atoms with E-state index in [1.165, 1.54) is 0 Å². The summed E-state index contributed by atoms with van der Waals surface area (Å²) >= 11 is 0. The Morgan fingerprint density at radius 3 is 2.12 bits per heavy atom.